The minimum atomic E-state index is -4.30. The zero-order chi connectivity index (χ0) is 12.9. The summed E-state index contributed by atoms with van der Waals surface area (Å²) in [7, 11) is 0. The highest BCUT2D eigenvalue weighted by atomic mass is 79.9. The second-order valence-electron chi connectivity index (χ2n) is 3.18. The van der Waals surface area contributed by atoms with Gasteiger partial charge in [-0.25, -0.2) is 0 Å². The molecule has 4 nitrogen and oxygen atoms in total. The van der Waals surface area contributed by atoms with Crippen molar-refractivity contribution in [1.29, 1.82) is 0 Å². The number of nitrogens with zero attached hydrogens (tertiary/aromatic N) is 1. The number of rotatable bonds is 5. The smallest absolute Gasteiger partial charge is 0.396 e. The van der Waals surface area contributed by atoms with Crippen molar-refractivity contribution in [3.63, 3.8) is 0 Å². The van der Waals surface area contributed by atoms with E-state index in [-0.39, 0.29) is 13.2 Å². The molecule has 0 aliphatic heterocycles. The fraction of sp³-hybridized carbons (Fsp3) is 0.444. The van der Waals surface area contributed by atoms with Gasteiger partial charge in [0, 0.05) is 12.7 Å². The Morgan fingerprint density at radius 2 is 2.12 bits per heavy atom. The summed E-state index contributed by atoms with van der Waals surface area (Å²) in [5, 5.41) is 2.86. The lowest BCUT2D eigenvalue weighted by molar-refractivity contribution is -0.172. The van der Waals surface area contributed by atoms with E-state index in [1.165, 1.54) is 12.4 Å². The molecule has 0 saturated heterocycles. The van der Waals surface area contributed by atoms with Crippen molar-refractivity contribution < 1.29 is 17.9 Å². The first-order chi connectivity index (χ1) is 7.90. The number of hydrogen-bond acceptors (Lipinski definition) is 4. The number of ether oxygens (including phenoxy) is 1. The van der Waals surface area contributed by atoms with Crippen LogP contribution in [0, 0.1) is 0 Å². The van der Waals surface area contributed by atoms with Crippen molar-refractivity contribution >= 4 is 27.3 Å². The molecule has 0 spiro atoms. The van der Waals surface area contributed by atoms with Crippen LogP contribution in [0.4, 0.5) is 24.5 Å². The Hall–Kier alpha value is -1.02. The molecular formula is C9H11BrF3N3O. The van der Waals surface area contributed by atoms with Gasteiger partial charge in [-0.3, -0.25) is 4.98 Å². The lowest BCUT2D eigenvalue weighted by Gasteiger charge is -2.11. The summed E-state index contributed by atoms with van der Waals surface area (Å²) < 4.78 is 40.3. The topological polar surface area (TPSA) is 60.2 Å². The average Bonchev–Trinajstić information content (AvgIpc) is 2.20. The highest BCUT2D eigenvalue weighted by molar-refractivity contribution is 9.10. The second-order valence-corrected chi connectivity index (χ2v) is 4.03. The number of hydrogen-bond donors (Lipinski definition) is 2. The van der Waals surface area contributed by atoms with Crippen molar-refractivity contribution in [2.45, 2.75) is 6.18 Å². The molecule has 0 aliphatic carbocycles. The van der Waals surface area contributed by atoms with E-state index in [1.807, 2.05) is 0 Å². The fourth-order valence-corrected chi connectivity index (χ4v) is 1.56. The molecule has 0 radical (unpaired) electrons. The minimum Gasteiger partial charge on any atom is -0.396 e. The summed E-state index contributed by atoms with van der Waals surface area (Å²) in [6, 6.07) is 0. The van der Waals surface area contributed by atoms with E-state index in [9.17, 15) is 13.2 Å². The van der Waals surface area contributed by atoms with Crippen LogP contribution in [0.2, 0.25) is 0 Å². The molecule has 17 heavy (non-hydrogen) atoms. The van der Waals surface area contributed by atoms with Crippen LogP contribution in [-0.4, -0.2) is 30.9 Å². The van der Waals surface area contributed by atoms with Gasteiger partial charge in [-0.05, 0) is 15.9 Å². The minimum absolute atomic E-state index is 0.0618. The zero-order valence-electron chi connectivity index (χ0n) is 8.72. The van der Waals surface area contributed by atoms with Crippen LogP contribution in [0.15, 0.2) is 16.9 Å². The zero-order valence-corrected chi connectivity index (χ0v) is 10.3. The first-order valence-electron chi connectivity index (χ1n) is 4.67. The normalized spacial score (nSPS) is 11.5. The molecule has 0 unspecified atom stereocenters. The molecule has 0 bridgehead atoms. The van der Waals surface area contributed by atoms with Crippen LogP contribution in [0.25, 0.3) is 0 Å². The largest absolute Gasteiger partial charge is 0.411 e. The Bertz CT molecular complexity index is 353. The molecule has 1 heterocycles. The summed E-state index contributed by atoms with van der Waals surface area (Å²) in [4.78, 5) is 3.83. The van der Waals surface area contributed by atoms with Crippen LogP contribution in [0.3, 0.4) is 0 Å². The molecule has 0 aromatic carbocycles. The number of alkyl halides is 3. The van der Waals surface area contributed by atoms with Gasteiger partial charge in [0.15, 0.2) is 0 Å². The molecule has 96 valence electrons. The monoisotopic (exact) mass is 313 g/mol. The Kier molecular flexibility index (Phi) is 5.01. The predicted molar refractivity (Wildman–Crippen MR) is 61.7 cm³/mol. The number of nitrogens with two attached hydrogens (primary N) is 1. The van der Waals surface area contributed by atoms with E-state index in [0.29, 0.717) is 15.8 Å². The van der Waals surface area contributed by atoms with E-state index < -0.39 is 12.8 Å². The van der Waals surface area contributed by atoms with Crippen LogP contribution >= 0.6 is 15.9 Å². The van der Waals surface area contributed by atoms with Gasteiger partial charge in [0.05, 0.1) is 28.7 Å². The average molecular weight is 314 g/mol. The van der Waals surface area contributed by atoms with Crippen LogP contribution in [0.5, 0.6) is 0 Å². The van der Waals surface area contributed by atoms with Crippen LogP contribution < -0.4 is 11.1 Å². The van der Waals surface area contributed by atoms with Crippen LogP contribution in [0.1, 0.15) is 0 Å². The van der Waals surface area contributed by atoms with E-state index in [1.54, 1.807) is 0 Å². The van der Waals surface area contributed by atoms with Gasteiger partial charge in [0.25, 0.3) is 0 Å². The molecule has 3 N–H and O–H groups in total. The maximum absolute atomic E-state index is 11.8. The number of halogens is 4. The first-order valence-corrected chi connectivity index (χ1v) is 5.47. The summed E-state index contributed by atoms with van der Waals surface area (Å²) in [6.07, 6.45) is -1.31. The third-order valence-electron chi connectivity index (χ3n) is 1.74. The summed E-state index contributed by atoms with van der Waals surface area (Å²) in [5.74, 6) is 0. The van der Waals surface area contributed by atoms with Crippen molar-refractivity contribution in [2.75, 3.05) is 30.8 Å². The number of aromatic nitrogens is 1. The highest BCUT2D eigenvalue weighted by Crippen LogP contribution is 2.26. The second kappa shape index (κ2) is 6.06. The van der Waals surface area contributed by atoms with Gasteiger partial charge in [-0.15, -0.1) is 0 Å². The lowest BCUT2D eigenvalue weighted by atomic mass is 10.3. The molecule has 1 aromatic heterocycles. The molecule has 0 atom stereocenters. The molecule has 0 saturated carbocycles. The van der Waals surface area contributed by atoms with Gasteiger partial charge in [0.1, 0.15) is 6.61 Å². The molecular weight excluding hydrogens is 303 g/mol. The molecule has 0 fully saturated rings. The van der Waals surface area contributed by atoms with Gasteiger partial charge in [-0.1, -0.05) is 0 Å². The maximum Gasteiger partial charge on any atom is 0.411 e. The van der Waals surface area contributed by atoms with E-state index in [2.05, 4.69) is 31.0 Å². The van der Waals surface area contributed by atoms with Gasteiger partial charge in [-0.2, -0.15) is 13.2 Å². The standard InChI is InChI=1S/C9H11BrF3N3O/c10-6-3-15-4-7(14)8(6)16-1-2-17-5-9(11,12)13/h3-4H,1-2,5,14H2,(H,15,16). The van der Waals surface area contributed by atoms with Crippen molar-refractivity contribution in [3.8, 4) is 0 Å². The first kappa shape index (κ1) is 14.0. The quantitative estimate of drug-likeness (QED) is 0.820. The third-order valence-corrected chi connectivity index (χ3v) is 2.34. The SMILES string of the molecule is Nc1cncc(Br)c1NCCOCC(F)(F)F. The van der Waals surface area contributed by atoms with E-state index in [4.69, 9.17) is 5.73 Å². The molecule has 0 amide bonds. The molecule has 1 aromatic rings. The third kappa shape index (κ3) is 5.22. The van der Waals surface area contributed by atoms with Crippen LogP contribution in [-0.2, 0) is 4.74 Å². The number of anilines is 2. The van der Waals surface area contributed by atoms with Gasteiger partial charge in [0.2, 0.25) is 0 Å². The van der Waals surface area contributed by atoms with E-state index >= 15 is 0 Å². The highest BCUT2D eigenvalue weighted by Gasteiger charge is 2.27. The summed E-state index contributed by atoms with van der Waals surface area (Å²) >= 11 is 3.22. The van der Waals surface area contributed by atoms with Crippen molar-refractivity contribution in [2.24, 2.45) is 0 Å². The number of nitrogen functional groups attached to an aromatic ring is 1. The number of nitrogens with one attached hydrogen (secondary N) is 1. The number of pyridine rings is 1. The maximum atomic E-state index is 11.8. The Morgan fingerprint density at radius 1 is 1.41 bits per heavy atom. The summed E-state index contributed by atoms with van der Waals surface area (Å²) in [5.41, 5.74) is 6.63. The molecule has 8 heteroatoms. The fourth-order valence-electron chi connectivity index (χ4n) is 1.07. The Balaban J connectivity index is 2.32. The van der Waals surface area contributed by atoms with Gasteiger partial charge >= 0.3 is 6.18 Å². The van der Waals surface area contributed by atoms with Crippen molar-refractivity contribution in [3.05, 3.63) is 16.9 Å². The summed E-state index contributed by atoms with van der Waals surface area (Å²) in [6.45, 7) is -1.09. The van der Waals surface area contributed by atoms with Crippen molar-refractivity contribution in [1.82, 2.24) is 4.98 Å². The molecule has 1 rings (SSSR count). The lowest BCUT2D eigenvalue weighted by Crippen LogP contribution is -2.20. The Labute approximate surface area is 104 Å². The molecule has 0 aliphatic rings. The van der Waals surface area contributed by atoms with Gasteiger partial charge < -0.3 is 15.8 Å². The van der Waals surface area contributed by atoms with E-state index in [0.717, 1.165) is 0 Å². The Morgan fingerprint density at radius 3 is 2.71 bits per heavy atom. The predicted octanol–water partition coefficient (Wildman–Crippen LogP) is 2.42.